The highest BCUT2D eigenvalue weighted by molar-refractivity contribution is 5.95. The number of nitrogens with zero attached hydrogens (tertiary/aromatic N) is 2. The number of anilines is 1. The zero-order valence-corrected chi connectivity index (χ0v) is 11.8. The summed E-state index contributed by atoms with van der Waals surface area (Å²) in [6.45, 7) is 0.585. The molecule has 1 N–H and O–H groups in total. The Bertz CT molecular complexity index is 567. The summed E-state index contributed by atoms with van der Waals surface area (Å²) in [7, 11) is 3.91. The maximum absolute atomic E-state index is 12.1. The van der Waals surface area contributed by atoms with E-state index in [-0.39, 0.29) is 5.91 Å². The van der Waals surface area contributed by atoms with Crippen molar-refractivity contribution in [2.24, 2.45) is 0 Å². The molecule has 1 aromatic heterocycles. The highest BCUT2D eigenvalue weighted by atomic mass is 16.1. The zero-order chi connectivity index (χ0) is 14.4. The Kier molecular flexibility index (Phi) is 4.71. The smallest absolute Gasteiger partial charge is 0.251 e. The first-order valence-corrected chi connectivity index (χ1v) is 6.62. The summed E-state index contributed by atoms with van der Waals surface area (Å²) < 4.78 is 0. The number of hydrogen-bond acceptors (Lipinski definition) is 3. The molecule has 0 aliphatic carbocycles. The monoisotopic (exact) mass is 269 g/mol. The van der Waals surface area contributed by atoms with Gasteiger partial charge in [-0.15, -0.1) is 0 Å². The molecule has 0 aliphatic heterocycles. The molecule has 2 aromatic rings. The molecule has 1 aromatic carbocycles. The van der Waals surface area contributed by atoms with Gasteiger partial charge in [-0.1, -0.05) is 12.1 Å². The van der Waals surface area contributed by atoms with Crippen molar-refractivity contribution in [2.75, 3.05) is 25.5 Å². The molecular formula is C16H19N3O. The van der Waals surface area contributed by atoms with Crippen LogP contribution in [0.1, 0.15) is 16.1 Å². The number of nitrogens with one attached hydrogen (secondary N) is 1. The lowest BCUT2D eigenvalue weighted by molar-refractivity contribution is 0.0954. The number of pyridine rings is 1. The minimum Gasteiger partial charge on any atom is -0.378 e. The number of amides is 1. The minimum atomic E-state index is -0.0513. The van der Waals surface area contributed by atoms with Crippen molar-refractivity contribution in [3.63, 3.8) is 0 Å². The SMILES string of the molecule is CN(C)c1cccc(C(=O)NCCc2ccccn2)c1. The Morgan fingerprint density at radius 2 is 2.05 bits per heavy atom. The zero-order valence-electron chi connectivity index (χ0n) is 11.8. The first kappa shape index (κ1) is 14.1. The Morgan fingerprint density at radius 1 is 1.20 bits per heavy atom. The molecule has 0 bridgehead atoms. The van der Waals surface area contributed by atoms with Gasteiger partial charge in [0.2, 0.25) is 0 Å². The van der Waals surface area contributed by atoms with E-state index in [1.54, 1.807) is 6.20 Å². The predicted octanol–water partition coefficient (Wildman–Crippen LogP) is 2.12. The van der Waals surface area contributed by atoms with Gasteiger partial charge in [0.25, 0.3) is 5.91 Å². The Hall–Kier alpha value is -2.36. The minimum absolute atomic E-state index is 0.0513. The van der Waals surface area contributed by atoms with Crippen LogP contribution in [0.15, 0.2) is 48.7 Å². The average Bonchev–Trinajstić information content (AvgIpc) is 2.48. The van der Waals surface area contributed by atoms with E-state index in [1.807, 2.05) is 61.5 Å². The van der Waals surface area contributed by atoms with Crippen LogP contribution in [0, 0.1) is 0 Å². The van der Waals surface area contributed by atoms with Gasteiger partial charge >= 0.3 is 0 Å². The van der Waals surface area contributed by atoms with Crippen LogP contribution in [0.25, 0.3) is 0 Å². The van der Waals surface area contributed by atoms with Crippen molar-refractivity contribution in [2.45, 2.75) is 6.42 Å². The molecule has 4 heteroatoms. The van der Waals surface area contributed by atoms with Crippen molar-refractivity contribution in [1.82, 2.24) is 10.3 Å². The molecule has 0 spiro atoms. The van der Waals surface area contributed by atoms with Gasteiger partial charge in [0.15, 0.2) is 0 Å². The maximum Gasteiger partial charge on any atom is 0.251 e. The highest BCUT2D eigenvalue weighted by Gasteiger charge is 2.06. The molecule has 20 heavy (non-hydrogen) atoms. The van der Waals surface area contributed by atoms with Gasteiger partial charge < -0.3 is 10.2 Å². The van der Waals surface area contributed by atoms with Crippen LogP contribution in [0.5, 0.6) is 0 Å². The topological polar surface area (TPSA) is 45.2 Å². The molecule has 2 rings (SSSR count). The van der Waals surface area contributed by atoms with Crippen molar-refractivity contribution in [3.05, 3.63) is 59.9 Å². The Morgan fingerprint density at radius 3 is 2.75 bits per heavy atom. The summed E-state index contributed by atoms with van der Waals surface area (Å²) in [4.78, 5) is 18.3. The number of hydrogen-bond donors (Lipinski definition) is 1. The molecule has 4 nitrogen and oxygen atoms in total. The third kappa shape index (κ3) is 3.82. The summed E-state index contributed by atoms with van der Waals surface area (Å²) in [6.07, 6.45) is 2.50. The second-order valence-corrected chi connectivity index (χ2v) is 4.77. The van der Waals surface area contributed by atoms with E-state index in [2.05, 4.69) is 10.3 Å². The number of carbonyl (C=O) groups is 1. The van der Waals surface area contributed by atoms with E-state index in [0.29, 0.717) is 12.1 Å². The van der Waals surface area contributed by atoms with E-state index >= 15 is 0 Å². The molecule has 0 fully saturated rings. The first-order valence-electron chi connectivity index (χ1n) is 6.62. The summed E-state index contributed by atoms with van der Waals surface area (Å²) in [5, 5.41) is 2.92. The average molecular weight is 269 g/mol. The van der Waals surface area contributed by atoms with Crippen LogP contribution in [0.2, 0.25) is 0 Å². The van der Waals surface area contributed by atoms with Crippen LogP contribution >= 0.6 is 0 Å². The van der Waals surface area contributed by atoms with Crippen LogP contribution < -0.4 is 10.2 Å². The third-order valence-corrected chi connectivity index (χ3v) is 3.02. The Balaban J connectivity index is 1.90. The van der Waals surface area contributed by atoms with Gasteiger partial charge in [-0.2, -0.15) is 0 Å². The van der Waals surface area contributed by atoms with E-state index in [1.165, 1.54) is 0 Å². The summed E-state index contributed by atoms with van der Waals surface area (Å²) in [6, 6.07) is 13.4. The van der Waals surface area contributed by atoms with Gasteiger partial charge in [0, 0.05) is 50.2 Å². The quantitative estimate of drug-likeness (QED) is 0.904. The normalized spacial score (nSPS) is 10.1. The second-order valence-electron chi connectivity index (χ2n) is 4.77. The number of carbonyl (C=O) groups excluding carboxylic acids is 1. The predicted molar refractivity (Wildman–Crippen MR) is 81.0 cm³/mol. The molecule has 0 saturated carbocycles. The number of aromatic nitrogens is 1. The lowest BCUT2D eigenvalue weighted by Crippen LogP contribution is -2.26. The lowest BCUT2D eigenvalue weighted by Gasteiger charge is -2.13. The van der Waals surface area contributed by atoms with Gasteiger partial charge in [-0.25, -0.2) is 0 Å². The molecule has 0 radical (unpaired) electrons. The fraction of sp³-hybridized carbons (Fsp3) is 0.250. The van der Waals surface area contributed by atoms with E-state index in [4.69, 9.17) is 0 Å². The third-order valence-electron chi connectivity index (χ3n) is 3.02. The van der Waals surface area contributed by atoms with Crippen LogP contribution in [0.4, 0.5) is 5.69 Å². The van der Waals surface area contributed by atoms with Crippen molar-refractivity contribution >= 4 is 11.6 Å². The van der Waals surface area contributed by atoms with Crippen LogP contribution in [-0.4, -0.2) is 31.5 Å². The summed E-state index contributed by atoms with van der Waals surface area (Å²) >= 11 is 0. The van der Waals surface area contributed by atoms with Gasteiger partial charge in [0.1, 0.15) is 0 Å². The summed E-state index contributed by atoms with van der Waals surface area (Å²) in [5.41, 5.74) is 2.68. The van der Waals surface area contributed by atoms with Crippen LogP contribution in [-0.2, 0) is 6.42 Å². The van der Waals surface area contributed by atoms with Crippen molar-refractivity contribution in [1.29, 1.82) is 0 Å². The Labute approximate surface area is 119 Å². The number of rotatable bonds is 5. The van der Waals surface area contributed by atoms with E-state index in [9.17, 15) is 4.79 Å². The van der Waals surface area contributed by atoms with Crippen LogP contribution in [0.3, 0.4) is 0 Å². The fourth-order valence-corrected chi connectivity index (χ4v) is 1.88. The maximum atomic E-state index is 12.1. The second kappa shape index (κ2) is 6.70. The molecule has 0 saturated heterocycles. The van der Waals surface area contributed by atoms with Crippen molar-refractivity contribution in [3.8, 4) is 0 Å². The van der Waals surface area contributed by atoms with Crippen molar-refractivity contribution < 1.29 is 4.79 Å². The van der Waals surface area contributed by atoms with Gasteiger partial charge in [0.05, 0.1) is 0 Å². The fourth-order valence-electron chi connectivity index (χ4n) is 1.88. The molecule has 0 atom stereocenters. The first-order chi connectivity index (χ1) is 9.66. The molecule has 104 valence electrons. The summed E-state index contributed by atoms with van der Waals surface area (Å²) in [5.74, 6) is -0.0513. The van der Waals surface area contributed by atoms with E-state index in [0.717, 1.165) is 17.8 Å². The standard InChI is InChI=1S/C16H19N3O/c1-19(2)15-8-5-6-13(12-15)16(20)18-11-9-14-7-3-4-10-17-14/h3-8,10,12H,9,11H2,1-2H3,(H,18,20). The molecular weight excluding hydrogens is 250 g/mol. The molecule has 0 aliphatic rings. The molecule has 0 unspecified atom stereocenters. The van der Waals surface area contributed by atoms with Gasteiger partial charge in [-0.3, -0.25) is 9.78 Å². The largest absolute Gasteiger partial charge is 0.378 e. The van der Waals surface area contributed by atoms with E-state index < -0.39 is 0 Å². The lowest BCUT2D eigenvalue weighted by atomic mass is 10.1. The molecule has 1 amide bonds. The molecule has 1 heterocycles. The highest BCUT2D eigenvalue weighted by Crippen LogP contribution is 2.13. The number of benzene rings is 1. The van der Waals surface area contributed by atoms with Gasteiger partial charge in [-0.05, 0) is 30.3 Å².